The molecule has 1 aromatic carbocycles. The summed E-state index contributed by atoms with van der Waals surface area (Å²) >= 11 is 0. The number of nitriles is 1. The maximum Gasteiger partial charge on any atom is 0.310 e. The van der Waals surface area contributed by atoms with Gasteiger partial charge in [-0.25, -0.2) is 0 Å². The summed E-state index contributed by atoms with van der Waals surface area (Å²) in [6.45, 7) is 3.33. The maximum absolute atomic E-state index is 12.0. The molecule has 2 heterocycles. The third-order valence-corrected chi connectivity index (χ3v) is 4.38. The summed E-state index contributed by atoms with van der Waals surface area (Å²) in [6, 6.07) is 9.36. The maximum atomic E-state index is 12.0. The van der Waals surface area contributed by atoms with Crippen molar-refractivity contribution < 1.29 is 18.7 Å². The highest BCUT2D eigenvalue weighted by Crippen LogP contribution is 2.32. The van der Waals surface area contributed by atoms with Gasteiger partial charge in [-0.3, -0.25) is 4.79 Å². The number of esters is 1. The van der Waals surface area contributed by atoms with E-state index in [1.807, 2.05) is 29.2 Å². The molecule has 0 bridgehead atoms. The predicted molar refractivity (Wildman–Crippen MR) is 94.8 cm³/mol. The molecule has 0 unspecified atom stereocenters. The normalized spacial score (nSPS) is 16.8. The van der Waals surface area contributed by atoms with Crippen molar-refractivity contribution in [3.63, 3.8) is 0 Å². The van der Waals surface area contributed by atoms with Gasteiger partial charge in [-0.05, 0) is 44.0 Å². The average molecular weight is 355 g/mol. The van der Waals surface area contributed by atoms with Crippen molar-refractivity contribution in [1.29, 1.82) is 5.26 Å². The number of piperidine rings is 1. The molecular formula is C19H21N3O4. The fourth-order valence-electron chi connectivity index (χ4n) is 3.07. The van der Waals surface area contributed by atoms with E-state index in [2.05, 4.69) is 11.1 Å². The van der Waals surface area contributed by atoms with Crippen molar-refractivity contribution in [3.8, 4) is 23.3 Å². The molecule has 0 saturated carbocycles. The molecule has 1 fully saturated rings. The van der Waals surface area contributed by atoms with Crippen molar-refractivity contribution in [2.75, 3.05) is 31.7 Å². The van der Waals surface area contributed by atoms with Gasteiger partial charge in [0.25, 0.3) is 0 Å². The molecule has 1 aliphatic rings. The Morgan fingerprint density at radius 2 is 2.19 bits per heavy atom. The van der Waals surface area contributed by atoms with Gasteiger partial charge in [0.1, 0.15) is 11.8 Å². The highest BCUT2D eigenvalue weighted by atomic mass is 16.5. The molecule has 1 saturated heterocycles. The Hall–Kier alpha value is -3.01. The van der Waals surface area contributed by atoms with Crippen LogP contribution >= 0.6 is 0 Å². The zero-order chi connectivity index (χ0) is 18.5. The van der Waals surface area contributed by atoms with E-state index in [-0.39, 0.29) is 17.6 Å². The number of hydrogen-bond donors (Lipinski definition) is 0. The van der Waals surface area contributed by atoms with Crippen LogP contribution in [0.4, 0.5) is 5.88 Å². The molecule has 0 radical (unpaired) electrons. The second kappa shape index (κ2) is 7.91. The van der Waals surface area contributed by atoms with Gasteiger partial charge in [0.15, 0.2) is 0 Å². The average Bonchev–Trinajstić information content (AvgIpc) is 3.13. The monoisotopic (exact) mass is 355 g/mol. The van der Waals surface area contributed by atoms with E-state index >= 15 is 0 Å². The third kappa shape index (κ3) is 3.64. The Balaban J connectivity index is 1.84. The first-order valence-electron chi connectivity index (χ1n) is 8.63. The predicted octanol–water partition coefficient (Wildman–Crippen LogP) is 3.00. The highest BCUT2D eigenvalue weighted by molar-refractivity contribution is 5.73. The number of hydrogen-bond acceptors (Lipinski definition) is 7. The molecule has 1 aliphatic heterocycles. The van der Waals surface area contributed by atoms with E-state index in [9.17, 15) is 10.1 Å². The Labute approximate surface area is 152 Å². The zero-order valence-corrected chi connectivity index (χ0v) is 14.9. The summed E-state index contributed by atoms with van der Waals surface area (Å²) in [5.41, 5.74) is 0.979. The second-order valence-corrected chi connectivity index (χ2v) is 6.05. The number of carbonyl (C=O) groups excluding carboxylic acids is 1. The minimum Gasteiger partial charge on any atom is -0.497 e. The summed E-state index contributed by atoms with van der Waals surface area (Å²) < 4.78 is 16.2. The quantitative estimate of drug-likeness (QED) is 0.762. The van der Waals surface area contributed by atoms with Crippen LogP contribution in [0.2, 0.25) is 0 Å². The smallest absolute Gasteiger partial charge is 0.310 e. The molecule has 3 rings (SSSR count). The van der Waals surface area contributed by atoms with Crippen LogP contribution < -0.4 is 9.64 Å². The van der Waals surface area contributed by atoms with Crippen LogP contribution in [0.15, 0.2) is 28.7 Å². The minimum atomic E-state index is -0.218. The zero-order valence-electron chi connectivity index (χ0n) is 14.9. The van der Waals surface area contributed by atoms with Gasteiger partial charge in [-0.1, -0.05) is 0 Å². The van der Waals surface area contributed by atoms with Crippen LogP contribution in [0.5, 0.6) is 5.75 Å². The fraction of sp³-hybridized carbons (Fsp3) is 0.421. The number of carbonyl (C=O) groups is 1. The Morgan fingerprint density at radius 3 is 2.85 bits per heavy atom. The highest BCUT2D eigenvalue weighted by Gasteiger charge is 2.30. The Kier molecular flexibility index (Phi) is 5.42. The molecule has 0 N–H and O–H groups in total. The molecule has 0 aliphatic carbocycles. The molecule has 26 heavy (non-hydrogen) atoms. The molecule has 0 amide bonds. The van der Waals surface area contributed by atoms with Crippen LogP contribution in [-0.4, -0.2) is 37.8 Å². The Bertz CT molecular complexity index is 807. The van der Waals surface area contributed by atoms with E-state index in [0.29, 0.717) is 31.5 Å². The van der Waals surface area contributed by atoms with E-state index in [1.54, 1.807) is 14.0 Å². The number of aromatic nitrogens is 1. The van der Waals surface area contributed by atoms with E-state index in [1.165, 1.54) is 0 Å². The fourth-order valence-corrected chi connectivity index (χ4v) is 3.07. The lowest BCUT2D eigenvalue weighted by molar-refractivity contribution is -0.148. The lowest BCUT2D eigenvalue weighted by atomic mass is 9.98. The molecule has 7 nitrogen and oxygen atoms in total. The van der Waals surface area contributed by atoms with Crippen molar-refractivity contribution in [2.24, 2.45) is 5.92 Å². The minimum absolute atomic E-state index is 0.203. The van der Waals surface area contributed by atoms with Gasteiger partial charge in [0.05, 0.1) is 19.6 Å². The van der Waals surface area contributed by atoms with E-state index in [0.717, 1.165) is 24.2 Å². The van der Waals surface area contributed by atoms with Crippen molar-refractivity contribution in [1.82, 2.24) is 4.98 Å². The SMILES string of the molecule is CCOC(=O)[C@@H]1CCCN(c2oc(-c3ccc(OC)cc3)nc2C#N)C1. The number of ether oxygens (including phenoxy) is 2. The largest absolute Gasteiger partial charge is 0.497 e. The van der Waals surface area contributed by atoms with E-state index < -0.39 is 0 Å². The van der Waals surface area contributed by atoms with Gasteiger partial charge in [0.2, 0.25) is 17.5 Å². The number of anilines is 1. The first kappa shape index (κ1) is 17.8. The van der Waals surface area contributed by atoms with Gasteiger partial charge in [0, 0.05) is 18.7 Å². The van der Waals surface area contributed by atoms with Crippen LogP contribution in [0.25, 0.3) is 11.5 Å². The molecule has 7 heteroatoms. The third-order valence-electron chi connectivity index (χ3n) is 4.38. The first-order chi connectivity index (χ1) is 12.7. The van der Waals surface area contributed by atoms with Gasteiger partial charge in [-0.2, -0.15) is 10.2 Å². The number of methoxy groups -OCH3 is 1. The molecule has 1 atom stereocenters. The molecular weight excluding hydrogens is 334 g/mol. The number of rotatable bonds is 5. The topological polar surface area (TPSA) is 88.6 Å². The van der Waals surface area contributed by atoms with Crippen LogP contribution in [0, 0.1) is 17.2 Å². The first-order valence-corrected chi connectivity index (χ1v) is 8.63. The van der Waals surface area contributed by atoms with Gasteiger partial charge < -0.3 is 18.8 Å². The summed E-state index contributed by atoms with van der Waals surface area (Å²) in [7, 11) is 1.60. The summed E-state index contributed by atoms with van der Waals surface area (Å²) in [4.78, 5) is 18.3. The van der Waals surface area contributed by atoms with Crippen LogP contribution in [-0.2, 0) is 9.53 Å². The van der Waals surface area contributed by atoms with Crippen molar-refractivity contribution in [2.45, 2.75) is 19.8 Å². The van der Waals surface area contributed by atoms with Gasteiger partial charge in [-0.15, -0.1) is 0 Å². The Morgan fingerprint density at radius 1 is 1.42 bits per heavy atom. The van der Waals surface area contributed by atoms with Gasteiger partial charge >= 0.3 is 5.97 Å². The number of oxazole rings is 1. The van der Waals surface area contributed by atoms with E-state index in [4.69, 9.17) is 13.9 Å². The molecule has 136 valence electrons. The van der Waals surface area contributed by atoms with Crippen LogP contribution in [0.3, 0.4) is 0 Å². The summed E-state index contributed by atoms with van der Waals surface area (Å²) in [6.07, 6.45) is 1.60. The van der Waals surface area contributed by atoms with Crippen molar-refractivity contribution >= 4 is 11.9 Å². The molecule has 2 aromatic rings. The number of nitrogens with zero attached hydrogens (tertiary/aromatic N) is 3. The molecule has 1 aromatic heterocycles. The standard InChI is InChI=1S/C19H21N3O4/c1-3-25-19(23)14-5-4-10-22(12-14)18-16(11-20)21-17(26-18)13-6-8-15(24-2)9-7-13/h6-9,14H,3-5,10,12H2,1-2H3/t14-/m1/s1. The van der Waals surface area contributed by atoms with Crippen molar-refractivity contribution in [3.05, 3.63) is 30.0 Å². The second-order valence-electron chi connectivity index (χ2n) is 6.05. The lowest BCUT2D eigenvalue weighted by Crippen LogP contribution is -2.39. The van der Waals surface area contributed by atoms with Crippen LogP contribution in [0.1, 0.15) is 25.5 Å². The number of benzene rings is 1. The summed E-state index contributed by atoms with van der Waals surface area (Å²) in [5, 5.41) is 9.44. The molecule has 0 spiro atoms. The summed E-state index contributed by atoms with van der Waals surface area (Å²) in [5.74, 6) is 1.09. The lowest BCUT2D eigenvalue weighted by Gasteiger charge is -2.31.